The summed E-state index contributed by atoms with van der Waals surface area (Å²) in [6.45, 7) is 2.19. The minimum absolute atomic E-state index is 0.540. The molecule has 0 amide bonds. The van der Waals surface area contributed by atoms with Crippen molar-refractivity contribution in [2.75, 3.05) is 28.3 Å². The Bertz CT molecular complexity index is 160. The molecule has 16 heavy (non-hydrogen) atoms. The van der Waals surface area contributed by atoms with Gasteiger partial charge in [0.1, 0.15) is 0 Å². The molecule has 0 aliphatic carbocycles. The number of hydrogen-bond donors (Lipinski definition) is 0. The van der Waals surface area contributed by atoms with Crippen LogP contribution in [0.3, 0.4) is 0 Å². The topological polar surface area (TPSA) is 0 Å². The second-order valence-electron chi connectivity index (χ2n) is 3.04. The molecule has 0 N–H and O–H groups in total. The minimum atomic E-state index is 0.540. The van der Waals surface area contributed by atoms with E-state index in [4.69, 9.17) is 0 Å². The molecule has 0 rings (SSSR count). The quantitative estimate of drug-likeness (QED) is 0.254. The van der Waals surface area contributed by atoms with E-state index in [0.717, 1.165) is 16.8 Å². The number of alkyl halides is 4. The van der Waals surface area contributed by atoms with E-state index >= 15 is 0 Å². The summed E-state index contributed by atoms with van der Waals surface area (Å²) >= 11 is 20.4. The van der Waals surface area contributed by atoms with Crippen LogP contribution in [0, 0.1) is 0 Å². The first-order valence-corrected chi connectivity index (χ1v) is 12.0. The van der Waals surface area contributed by atoms with Gasteiger partial charge in [0.25, 0.3) is 0 Å². The van der Waals surface area contributed by atoms with Crippen molar-refractivity contribution in [2.45, 2.75) is 20.1 Å². The molecule has 98 valence electrons. The van der Waals surface area contributed by atoms with E-state index in [9.17, 15) is 0 Å². The van der Waals surface area contributed by atoms with Gasteiger partial charge in [0, 0.05) is 33.2 Å². The predicted molar refractivity (Wildman–Crippen MR) is 99.9 cm³/mol. The van der Waals surface area contributed by atoms with Gasteiger partial charge in [0.15, 0.2) is 0 Å². The van der Waals surface area contributed by atoms with Gasteiger partial charge in [-0.25, -0.2) is 0 Å². The average molecular weight is 540 g/mol. The molecule has 3 unspecified atom stereocenters. The fourth-order valence-corrected chi connectivity index (χ4v) is 8.23. The molecule has 3 atom stereocenters. The zero-order valence-corrected chi connectivity index (χ0v) is 17.8. The summed E-state index contributed by atoms with van der Waals surface area (Å²) in [6, 6.07) is 0. The van der Waals surface area contributed by atoms with Crippen LogP contribution in [0.4, 0.5) is 0 Å². The number of thioether (sulfide) groups is 3. The van der Waals surface area contributed by atoms with E-state index in [-0.39, 0.29) is 0 Å². The number of rotatable bonds is 10. The van der Waals surface area contributed by atoms with E-state index in [1.54, 1.807) is 0 Å². The Hall–Kier alpha value is 2.97. The van der Waals surface area contributed by atoms with Crippen molar-refractivity contribution in [3.8, 4) is 0 Å². The molecule has 0 nitrogen and oxygen atoms in total. The lowest BCUT2D eigenvalue weighted by Gasteiger charge is -2.14. The van der Waals surface area contributed by atoms with Crippen molar-refractivity contribution in [1.29, 1.82) is 0 Å². The van der Waals surface area contributed by atoms with E-state index in [1.165, 1.54) is 11.5 Å². The van der Waals surface area contributed by atoms with Gasteiger partial charge in [-0.15, -0.1) is 11.8 Å². The summed E-state index contributed by atoms with van der Waals surface area (Å²) in [5.41, 5.74) is 0. The molecule has 0 saturated heterocycles. The zero-order chi connectivity index (χ0) is 12.4. The Morgan fingerprint density at radius 3 is 2.00 bits per heavy atom. The Labute approximate surface area is 145 Å². The maximum absolute atomic E-state index is 3.72. The molecule has 0 aliphatic rings. The van der Waals surface area contributed by atoms with Gasteiger partial charge in [-0.05, 0) is 0 Å². The number of hydrogen-bond acceptors (Lipinski definition) is 3. The molecule has 0 aromatic rings. The van der Waals surface area contributed by atoms with Crippen LogP contribution in [0.25, 0.3) is 0 Å². The zero-order valence-electron chi connectivity index (χ0n) is 9.00. The number of halogens is 4. The molecule has 0 aromatic heterocycles. The van der Waals surface area contributed by atoms with Gasteiger partial charge in [-0.1, -0.05) is 70.6 Å². The summed E-state index contributed by atoms with van der Waals surface area (Å²) in [5, 5.41) is 1.08. The van der Waals surface area contributed by atoms with Crippen LogP contribution in [0.2, 0.25) is 0 Å². The lowest BCUT2D eigenvalue weighted by molar-refractivity contribution is 1.15. The lowest BCUT2D eigenvalue weighted by Crippen LogP contribution is -2.06. The standard InChI is InChI=1S/C9H16Br4S3/c1-7(11)4-15-6-9(13)16-8(12)5-14-3-2-10/h7-9H,2-6H2,1H3. The lowest BCUT2D eigenvalue weighted by atomic mass is 10.6. The van der Waals surface area contributed by atoms with Gasteiger partial charge in [0.05, 0.1) is 8.32 Å². The highest BCUT2D eigenvalue weighted by Gasteiger charge is 2.12. The van der Waals surface area contributed by atoms with Gasteiger partial charge in [-0.2, -0.15) is 23.5 Å². The largest absolute Gasteiger partial charge is 0.159 e. The SMILES string of the molecule is CC(Br)CSCC(Br)SC(Br)CSCCBr. The summed E-state index contributed by atoms with van der Waals surface area (Å²) in [5.74, 6) is 4.68. The highest BCUT2D eigenvalue weighted by atomic mass is 79.9. The predicted octanol–water partition coefficient (Wildman–Crippen LogP) is 5.81. The Morgan fingerprint density at radius 2 is 1.50 bits per heavy atom. The van der Waals surface area contributed by atoms with Crippen molar-refractivity contribution < 1.29 is 0 Å². The van der Waals surface area contributed by atoms with E-state index in [1.807, 2.05) is 35.3 Å². The Morgan fingerprint density at radius 1 is 0.938 bits per heavy atom. The van der Waals surface area contributed by atoms with E-state index in [0.29, 0.717) is 13.1 Å². The molecule has 0 aliphatic heterocycles. The van der Waals surface area contributed by atoms with Crippen LogP contribution >= 0.6 is 99.0 Å². The van der Waals surface area contributed by atoms with Crippen LogP contribution in [-0.4, -0.2) is 41.5 Å². The first kappa shape index (κ1) is 19.0. The highest BCUT2D eigenvalue weighted by molar-refractivity contribution is 9.13. The molecule has 0 aromatic carbocycles. The summed E-state index contributed by atoms with van der Waals surface area (Å²) in [4.78, 5) is 0.608. The first-order valence-electron chi connectivity index (χ1n) is 4.85. The second-order valence-corrected chi connectivity index (χ2v) is 12.5. The molecule has 0 spiro atoms. The molecular weight excluding hydrogens is 524 g/mol. The minimum Gasteiger partial charge on any atom is -0.159 e. The van der Waals surface area contributed by atoms with Crippen molar-refractivity contribution in [1.82, 2.24) is 0 Å². The molecule has 0 heterocycles. The highest BCUT2D eigenvalue weighted by Crippen LogP contribution is 2.31. The van der Waals surface area contributed by atoms with E-state index < -0.39 is 0 Å². The fourth-order valence-electron chi connectivity index (χ4n) is 0.792. The van der Waals surface area contributed by atoms with Crippen LogP contribution in [0.1, 0.15) is 6.92 Å². The second kappa shape index (κ2) is 13.0. The smallest absolute Gasteiger partial charge is 0.0701 e. The fraction of sp³-hybridized carbons (Fsp3) is 1.00. The van der Waals surface area contributed by atoms with Crippen LogP contribution in [0.5, 0.6) is 0 Å². The molecule has 0 radical (unpaired) electrons. The Kier molecular flexibility index (Phi) is 15.4. The first-order chi connectivity index (χ1) is 7.56. The molecule has 0 fully saturated rings. The third kappa shape index (κ3) is 13.4. The summed E-state index contributed by atoms with van der Waals surface area (Å²) in [7, 11) is 0. The van der Waals surface area contributed by atoms with Gasteiger partial charge < -0.3 is 0 Å². The maximum Gasteiger partial charge on any atom is 0.0701 e. The van der Waals surface area contributed by atoms with Gasteiger partial charge >= 0.3 is 0 Å². The molecule has 7 heteroatoms. The van der Waals surface area contributed by atoms with Crippen molar-refractivity contribution >= 4 is 99.0 Å². The van der Waals surface area contributed by atoms with Crippen LogP contribution in [-0.2, 0) is 0 Å². The molecular formula is C9H16Br4S3. The van der Waals surface area contributed by atoms with Crippen molar-refractivity contribution in [3.63, 3.8) is 0 Å². The van der Waals surface area contributed by atoms with E-state index in [2.05, 4.69) is 70.6 Å². The summed E-state index contributed by atoms with van der Waals surface area (Å²) in [6.07, 6.45) is 0. The van der Waals surface area contributed by atoms with Gasteiger partial charge in [-0.3, -0.25) is 0 Å². The average Bonchev–Trinajstić information content (AvgIpc) is 2.17. The van der Waals surface area contributed by atoms with Crippen molar-refractivity contribution in [2.24, 2.45) is 0 Å². The molecule has 0 bridgehead atoms. The normalized spacial score (nSPS) is 17.1. The van der Waals surface area contributed by atoms with Crippen LogP contribution < -0.4 is 0 Å². The third-order valence-corrected chi connectivity index (χ3v) is 9.55. The summed E-state index contributed by atoms with van der Waals surface area (Å²) < 4.78 is 1.08. The van der Waals surface area contributed by atoms with Crippen molar-refractivity contribution in [3.05, 3.63) is 0 Å². The third-order valence-electron chi connectivity index (χ3n) is 1.36. The maximum atomic E-state index is 3.72. The molecule has 0 saturated carbocycles. The Balaban J connectivity index is 3.42. The van der Waals surface area contributed by atoms with Crippen LogP contribution in [0.15, 0.2) is 0 Å². The monoisotopic (exact) mass is 536 g/mol. The van der Waals surface area contributed by atoms with Gasteiger partial charge in [0.2, 0.25) is 0 Å².